The lowest BCUT2D eigenvalue weighted by Crippen LogP contribution is -2.22. The van der Waals surface area contributed by atoms with E-state index in [9.17, 15) is 9.59 Å². The maximum atomic E-state index is 12.3. The molecule has 0 atom stereocenters. The third-order valence-corrected chi connectivity index (χ3v) is 6.24. The van der Waals surface area contributed by atoms with Gasteiger partial charge in [-0.2, -0.15) is 5.10 Å². The number of esters is 1. The Hall–Kier alpha value is -3.10. The van der Waals surface area contributed by atoms with E-state index in [1.54, 1.807) is 29.5 Å². The highest BCUT2D eigenvalue weighted by atomic mass is 32.1. The van der Waals surface area contributed by atoms with E-state index < -0.39 is 0 Å². The van der Waals surface area contributed by atoms with Crippen LogP contribution >= 0.6 is 22.7 Å². The van der Waals surface area contributed by atoms with Gasteiger partial charge in [-0.05, 0) is 37.3 Å². The Kier molecular flexibility index (Phi) is 5.37. The molecule has 0 spiro atoms. The number of benzene rings is 1. The van der Waals surface area contributed by atoms with Crippen molar-refractivity contribution in [1.82, 2.24) is 14.8 Å². The predicted molar refractivity (Wildman–Crippen MR) is 115 cm³/mol. The van der Waals surface area contributed by atoms with Gasteiger partial charge in [-0.15, -0.1) is 22.7 Å². The molecule has 0 N–H and O–H groups in total. The molecule has 146 valence electrons. The molecule has 4 rings (SSSR count). The molecule has 0 saturated carbocycles. The highest BCUT2D eigenvalue weighted by Gasteiger charge is 2.11. The molecule has 0 aliphatic heterocycles. The number of aromatic nitrogens is 3. The van der Waals surface area contributed by atoms with Crippen LogP contribution in [-0.4, -0.2) is 27.8 Å². The Bertz CT molecular complexity index is 1220. The van der Waals surface area contributed by atoms with Crippen molar-refractivity contribution in [3.63, 3.8) is 0 Å². The summed E-state index contributed by atoms with van der Waals surface area (Å²) in [4.78, 5) is 30.7. The normalized spacial score (nSPS) is 10.8. The van der Waals surface area contributed by atoms with Crippen LogP contribution in [0.3, 0.4) is 0 Å². The fraction of sp³-hybridized carbons (Fsp3) is 0.143. The minimum Gasteiger partial charge on any atom is -0.465 e. The van der Waals surface area contributed by atoms with E-state index in [4.69, 9.17) is 4.74 Å². The summed E-state index contributed by atoms with van der Waals surface area (Å²) < 4.78 is 6.15. The number of aryl methyl sites for hydroxylation is 1. The Morgan fingerprint density at radius 1 is 1.10 bits per heavy atom. The summed E-state index contributed by atoms with van der Waals surface area (Å²) in [5, 5.41) is 7.23. The topological polar surface area (TPSA) is 74.1 Å². The molecule has 0 aliphatic rings. The van der Waals surface area contributed by atoms with Gasteiger partial charge in [0.1, 0.15) is 10.7 Å². The fourth-order valence-electron chi connectivity index (χ4n) is 2.80. The van der Waals surface area contributed by atoms with Gasteiger partial charge in [0, 0.05) is 21.9 Å². The van der Waals surface area contributed by atoms with E-state index in [2.05, 4.69) is 10.1 Å². The van der Waals surface area contributed by atoms with Crippen LogP contribution in [0.1, 0.15) is 20.9 Å². The summed E-state index contributed by atoms with van der Waals surface area (Å²) in [6.45, 7) is 2.34. The molecule has 0 saturated heterocycles. The van der Waals surface area contributed by atoms with Crippen molar-refractivity contribution in [2.24, 2.45) is 0 Å². The maximum Gasteiger partial charge on any atom is 0.337 e. The molecule has 0 radical (unpaired) electrons. The van der Waals surface area contributed by atoms with Gasteiger partial charge in [-0.1, -0.05) is 12.1 Å². The molecule has 0 aliphatic carbocycles. The minimum atomic E-state index is -0.373. The van der Waals surface area contributed by atoms with Crippen LogP contribution in [0.15, 0.2) is 58.7 Å². The predicted octanol–water partition coefficient (Wildman–Crippen LogP) is 4.24. The van der Waals surface area contributed by atoms with Crippen molar-refractivity contribution in [3.05, 3.63) is 80.4 Å². The lowest BCUT2D eigenvalue weighted by molar-refractivity contribution is 0.0601. The molecule has 0 bridgehead atoms. The molecule has 0 fully saturated rings. The highest BCUT2D eigenvalue weighted by molar-refractivity contribution is 7.15. The van der Waals surface area contributed by atoms with Crippen LogP contribution in [0, 0.1) is 6.92 Å². The summed E-state index contributed by atoms with van der Waals surface area (Å²) in [5.74, 6) is -0.373. The standard InChI is InChI=1S/C21H17N3O3S2/c1-13-3-9-18(29-13)17-8-10-19(25)24(23-17)11-16-12-28-20(22-16)14-4-6-15(7-5-14)21(26)27-2/h3-10,12H,11H2,1-2H3. The lowest BCUT2D eigenvalue weighted by Gasteiger charge is -2.04. The van der Waals surface area contributed by atoms with Crippen molar-refractivity contribution in [3.8, 4) is 21.1 Å². The van der Waals surface area contributed by atoms with Gasteiger partial charge in [0.25, 0.3) is 5.56 Å². The van der Waals surface area contributed by atoms with Gasteiger partial charge in [-0.3, -0.25) is 4.79 Å². The van der Waals surface area contributed by atoms with Crippen LogP contribution in [0.25, 0.3) is 21.1 Å². The smallest absolute Gasteiger partial charge is 0.337 e. The van der Waals surface area contributed by atoms with Crippen LogP contribution in [-0.2, 0) is 11.3 Å². The second-order valence-corrected chi connectivity index (χ2v) is 8.48. The third kappa shape index (κ3) is 4.18. The molecular formula is C21H17N3O3S2. The Morgan fingerprint density at radius 2 is 1.90 bits per heavy atom. The minimum absolute atomic E-state index is 0.168. The van der Waals surface area contributed by atoms with Crippen molar-refractivity contribution in [2.45, 2.75) is 13.5 Å². The van der Waals surface area contributed by atoms with Crippen LogP contribution < -0.4 is 5.56 Å². The van der Waals surface area contributed by atoms with E-state index in [1.165, 1.54) is 34.1 Å². The second kappa shape index (κ2) is 8.10. The van der Waals surface area contributed by atoms with E-state index in [0.29, 0.717) is 12.1 Å². The second-order valence-electron chi connectivity index (χ2n) is 6.34. The quantitative estimate of drug-likeness (QED) is 0.449. The Balaban J connectivity index is 1.56. The van der Waals surface area contributed by atoms with Crippen molar-refractivity contribution in [1.29, 1.82) is 0 Å². The van der Waals surface area contributed by atoms with Crippen molar-refractivity contribution < 1.29 is 9.53 Å². The average Bonchev–Trinajstić information content (AvgIpc) is 3.38. The van der Waals surface area contributed by atoms with Crippen LogP contribution in [0.4, 0.5) is 0 Å². The molecule has 0 amide bonds. The first-order valence-electron chi connectivity index (χ1n) is 8.81. The molecule has 1 aromatic carbocycles. The number of nitrogens with zero attached hydrogens (tertiary/aromatic N) is 3. The number of hydrogen-bond acceptors (Lipinski definition) is 7. The first-order valence-corrected chi connectivity index (χ1v) is 10.5. The molecule has 29 heavy (non-hydrogen) atoms. The zero-order chi connectivity index (χ0) is 20.4. The number of rotatable bonds is 5. The summed E-state index contributed by atoms with van der Waals surface area (Å²) in [6, 6.07) is 14.4. The summed E-state index contributed by atoms with van der Waals surface area (Å²) in [5.41, 5.74) is 2.76. The first-order chi connectivity index (χ1) is 14.0. The van der Waals surface area contributed by atoms with E-state index in [-0.39, 0.29) is 11.5 Å². The van der Waals surface area contributed by atoms with Gasteiger partial charge < -0.3 is 4.74 Å². The van der Waals surface area contributed by atoms with Crippen LogP contribution in [0.2, 0.25) is 0 Å². The zero-order valence-corrected chi connectivity index (χ0v) is 17.4. The highest BCUT2D eigenvalue weighted by Crippen LogP contribution is 2.26. The van der Waals surface area contributed by atoms with E-state index >= 15 is 0 Å². The average molecular weight is 424 g/mol. The summed E-state index contributed by atoms with van der Waals surface area (Å²) in [7, 11) is 1.36. The fourth-order valence-corrected chi connectivity index (χ4v) is 4.45. The number of thiazole rings is 1. The van der Waals surface area contributed by atoms with E-state index in [0.717, 1.165) is 26.8 Å². The molecule has 0 unspecified atom stereocenters. The van der Waals surface area contributed by atoms with Gasteiger partial charge >= 0.3 is 5.97 Å². The van der Waals surface area contributed by atoms with Crippen molar-refractivity contribution >= 4 is 28.6 Å². The van der Waals surface area contributed by atoms with E-state index in [1.807, 2.05) is 36.6 Å². The molecule has 4 aromatic rings. The number of carbonyl (C=O) groups is 1. The Labute approximate surface area is 175 Å². The summed E-state index contributed by atoms with van der Waals surface area (Å²) >= 11 is 3.13. The maximum absolute atomic E-state index is 12.3. The van der Waals surface area contributed by atoms with Crippen LogP contribution in [0.5, 0.6) is 0 Å². The number of methoxy groups -OCH3 is 1. The zero-order valence-electron chi connectivity index (χ0n) is 15.8. The molecule has 8 heteroatoms. The lowest BCUT2D eigenvalue weighted by atomic mass is 10.1. The van der Waals surface area contributed by atoms with Gasteiger partial charge in [-0.25, -0.2) is 14.5 Å². The monoisotopic (exact) mass is 423 g/mol. The number of hydrogen-bond donors (Lipinski definition) is 0. The Morgan fingerprint density at radius 3 is 2.59 bits per heavy atom. The first kappa shape index (κ1) is 19.2. The number of thiophene rings is 1. The van der Waals surface area contributed by atoms with Crippen molar-refractivity contribution in [2.75, 3.05) is 7.11 Å². The molecular weight excluding hydrogens is 406 g/mol. The third-order valence-electron chi connectivity index (χ3n) is 4.28. The molecule has 3 aromatic heterocycles. The number of ether oxygens (including phenoxy) is 1. The summed E-state index contributed by atoms with van der Waals surface area (Å²) in [6.07, 6.45) is 0. The van der Waals surface area contributed by atoms with Gasteiger partial charge in [0.05, 0.1) is 29.8 Å². The molecule has 6 nitrogen and oxygen atoms in total. The van der Waals surface area contributed by atoms with Gasteiger partial charge in [0.2, 0.25) is 0 Å². The SMILES string of the molecule is COC(=O)c1ccc(-c2nc(Cn3nc(-c4ccc(C)s4)ccc3=O)cs2)cc1. The largest absolute Gasteiger partial charge is 0.465 e. The number of carbonyl (C=O) groups excluding carboxylic acids is 1. The molecule has 3 heterocycles. The van der Waals surface area contributed by atoms with Gasteiger partial charge in [0.15, 0.2) is 0 Å².